The normalized spacial score (nSPS) is 11.7. The molecule has 5 heteroatoms. The number of rotatable bonds is 17. The molecule has 0 amide bonds. The van der Waals surface area contributed by atoms with E-state index in [1.54, 1.807) is 0 Å². The monoisotopic (exact) mass is 412 g/mol. The molecule has 0 unspecified atom stereocenters. The van der Waals surface area contributed by atoms with Crippen LogP contribution in [0.25, 0.3) is 0 Å². The van der Waals surface area contributed by atoms with E-state index in [1.165, 1.54) is 68.9 Å². The van der Waals surface area contributed by atoms with Crippen LogP contribution in [0.5, 0.6) is 5.75 Å². The first-order chi connectivity index (χ1) is 13.5. The van der Waals surface area contributed by atoms with Gasteiger partial charge in [0.2, 0.25) is 0 Å². The lowest BCUT2D eigenvalue weighted by molar-refractivity contribution is 0.312. The molecule has 0 aliphatic rings. The maximum Gasteiger partial charge on any atom is 0.264 e. The molecule has 0 aliphatic carbocycles. The maximum absolute atomic E-state index is 10.8. The van der Waals surface area contributed by atoms with Crippen molar-refractivity contribution in [2.45, 2.75) is 97.3 Å². The van der Waals surface area contributed by atoms with Crippen molar-refractivity contribution in [3.8, 4) is 5.75 Å². The summed E-state index contributed by atoms with van der Waals surface area (Å²) in [5, 5.41) is 0. The van der Waals surface area contributed by atoms with Gasteiger partial charge in [-0.2, -0.15) is 8.42 Å². The molecule has 1 N–H and O–H groups in total. The number of unbranched alkanes of at least 4 members (excludes halogenated alkanes) is 8. The minimum atomic E-state index is -3.92. The van der Waals surface area contributed by atoms with Gasteiger partial charge in [-0.15, -0.1) is 0 Å². The van der Waals surface area contributed by atoms with Crippen LogP contribution in [0, 0.1) is 0 Å². The second-order valence-electron chi connectivity index (χ2n) is 7.76. The first-order valence-corrected chi connectivity index (χ1v) is 12.8. The molecule has 0 bridgehead atoms. The number of aryl methyl sites for hydroxylation is 2. The average Bonchev–Trinajstić information content (AvgIpc) is 2.65. The summed E-state index contributed by atoms with van der Waals surface area (Å²) in [5.74, 6) is 0.607. The standard InChI is InChI=1S/C23H40O4S/c1-3-5-7-9-11-14-21-16-17-23(27-18-13-19-28(24,25)26)22(20-21)15-12-10-8-6-4-2/h16-17,20H,3-15,18-19H2,1-2H3,(H,24,25,26). The third kappa shape index (κ3) is 12.4. The van der Waals surface area contributed by atoms with Crippen molar-refractivity contribution in [1.82, 2.24) is 0 Å². The predicted molar refractivity (Wildman–Crippen MR) is 118 cm³/mol. The lowest BCUT2D eigenvalue weighted by Crippen LogP contribution is -2.09. The molecule has 0 aromatic heterocycles. The van der Waals surface area contributed by atoms with Gasteiger partial charge in [0.1, 0.15) is 5.75 Å². The molecule has 0 heterocycles. The Kier molecular flexibility index (Phi) is 13.3. The molecule has 0 spiro atoms. The largest absolute Gasteiger partial charge is 0.493 e. The van der Waals surface area contributed by atoms with Gasteiger partial charge < -0.3 is 4.74 Å². The van der Waals surface area contributed by atoms with E-state index in [0.29, 0.717) is 13.0 Å². The Morgan fingerprint density at radius 1 is 0.821 bits per heavy atom. The average molecular weight is 413 g/mol. The molecule has 0 saturated carbocycles. The van der Waals surface area contributed by atoms with Crippen molar-refractivity contribution in [2.24, 2.45) is 0 Å². The number of hydrogen-bond donors (Lipinski definition) is 1. The third-order valence-corrected chi connectivity index (χ3v) is 5.85. The molecule has 162 valence electrons. The lowest BCUT2D eigenvalue weighted by atomic mass is 9.99. The van der Waals surface area contributed by atoms with Gasteiger partial charge in [-0.05, 0) is 49.3 Å². The fourth-order valence-electron chi connectivity index (χ4n) is 3.40. The van der Waals surface area contributed by atoms with Crippen LogP contribution in [0.15, 0.2) is 18.2 Å². The van der Waals surface area contributed by atoms with Crippen LogP contribution in [0.4, 0.5) is 0 Å². The quantitative estimate of drug-likeness (QED) is 0.238. The van der Waals surface area contributed by atoms with Gasteiger partial charge in [-0.25, -0.2) is 0 Å². The van der Waals surface area contributed by atoms with Gasteiger partial charge in [0.15, 0.2) is 0 Å². The van der Waals surface area contributed by atoms with Crippen molar-refractivity contribution in [1.29, 1.82) is 0 Å². The predicted octanol–water partition coefficient (Wildman–Crippen LogP) is 6.37. The van der Waals surface area contributed by atoms with Gasteiger partial charge in [-0.3, -0.25) is 4.55 Å². The zero-order chi connectivity index (χ0) is 20.7. The van der Waals surface area contributed by atoms with Gasteiger partial charge in [-0.1, -0.05) is 77.3 Å². The van der Waals surface area contributed by atoms with Crippen molar-refractivity contribution in [2.75, 3.05) is 12.4 Å². The Bertz CT molecular complexity index is 625. The van der Waals surface area contributed by atoms with Crippen molar-refractivity contribution >= 4 is 10.1 Å². The van der Waals surface area contributed by atoms with Crippen LogP contribution in [0.1, 0.15) is 95.6 Å². The number of ether oxygens (including phenoxy) is 1. The Morgan fingerprint density at radius 2 is 1.43 bits per heavy atom. The first kappa shape index (κ1) is 25.0. The Hall–Kier alpha value is -1.07. The molecular weight excluding hydrogens is 372 g/mol. The van der Waals surface area contributed by atoms with E-state index in [1.807, 2.05) is 6.07 Å². The third-order valence-electron chi connectivity index (χ3n) is 5.05. The molecule has 1 aromatic carbocycles. The van der Waals surface area contributed by atoms with E-state index >= 15 is 0 Å². The summed E-state index contributed by atoms with van der Waals surface area (Å²) in [7, 11) is -3.92. The summed E-state index contributed by atoms with van der Waals surface area (Å²) >= 11 is 0. The minimum absolute atomic E-state index is 0.255. The highest BCUT2D eigenvalue weighted by Gasteiger charge is 2.08. The molecule has 0 atom stereocenters. The van der Waals surface area contributed by atoms with Crippen molar-refractivity contribution in [3.05, 3.63) is 29.3 Å². The van der Waals surface area contributed by atoms with Gasteiger partial charge in [0.25, 0.3) is 10.1 Å². The molecule has 0 saturated heterocycles. The maximum atomic E-state index is 10.8. The number of hydrogen-bond acceptors (Lipinski definition) is 3. The second-order valence-corrected chi connectivity index (χ2v) is 9.33. The Balaban J connectivity index is 2.59. The van der Waals surface area contributed by atoms with E-state index in [2.05, 4.69) is 26.0 Å². The van der Waals surface area contributed by atoms with Crippen molar-refractivity contribution in [3.63, 3.8) is 0 Å². The van der Waals surface area contributed by atoms with Crippen LogP contribution in [0.3, 0.4) is 0 Å². The highest BCUT2D eigenvalue weighted by Crippen LogP contribution is 2.24. The second kappa shape index (κ2) is 14.9. The van der Waals surface area contributed by atoms with E-state index < -0.39 is 10.1 Å². The van der Waals surface area contributed by atoms with Crippen LogP contribution in [-0.2, 0) is 23.0 Å². The van der Waals surface area contributed by atoms with Gasteiger partial charge in [0.05, 0.1) is 12.4 Å². The first-order valence-electron chi connectivity index (χ1n) is 11.2. The fourth-order valence-corrected chi connectivity index (χ4v) is 3.88. The molecule has 1 rings (SSSR count). The van der Waals surface area contributed by atoms with E-state index in [4.69, 9.17) is 9.29 Å². The van der Waals surface area contributed by atoms with Crippen LogP contribution < -0.4 is 4.74 Å². The highest BCUT2D eigenvalue weighted by molar-refractivity contribution is 7.85. The summed E-state index contributed by atoms with van der Waals surface area (Å²) in [5.41, 5.74) is 2.60. The minimum Gasteiger partial charge on any atom is -0.493 e. The van der Waals surface area contributed by atoms with E-state index in [0.717, 1.165) is 25.0 Å². The zero-order valence-corrected chi connectivity index (χ0v) is 18.7. The molecule has 0 aliphatic heterocycles. The summed E-state index contributed by atoms with van der Waals surface area (Å²) in [6.07, 6.45) is 15.0. The molecule has 0 radical (unpaired) electrons. The SMILES string of the molecule is CCCCCCCc1ccc(OCCCS(=O)(=O)O)c(CCCCCCC)c1. The highest BCUT2D eigenvalue weighted by atomic mass is 32.2. The smallest absolute Gasteiger partial charge is 0.264 e. The molecule has 0 fully saturated rings. The van der Waals surface area contributed by atoms with Crippen LogP contribution >= 0.6 is 0 Å². The summed E-state index contributed by atoms with van der Waals surface area (Å²) in [6, 6.07) is 6.45. The molecule has 1 aromatic rings. The summed E-state index contributed by atoms with van der Waals surface area (Å²) in [4.78, 5) is 0. The molecular formula is C23H40O4S. The van der Waals surface area contributed by atoms with Crippen molar-refractivity contribution < 1.29 is 17.7 Å². The number of benzene rings is 1. The lowest BCUT2D eigenvalue weighted by Gasteiger charge is -2.13. The topological polar surface area (TPSA) is 63.6 Å². The van der Waals surface area contributed by atoms with Crippen LogP contribution in [-0.4, -0.2) is 25.3 Å². The van der Waals surface area contributed by atoms with E-state index in [-0.39, 0.29) is 5.75 Å². The van der Waals surface area contributed by atoms with Crippen LogP contribution in [0.2, 0.25) is 0 Å². The fraction of sp³-hybridized carbons (Fsp3) is 0.739. The zero-order valence-electron chi connectivity index (χ0n) is 17.9. The van der Waals surface area contributed by atoms with Gasteiger partial charge >= 0.3 is 0 Å². The Morgan fingerprint density at radius 3 is 2.04 bits per heavy atom. The summed E-state index contributed by atoms with van der Waals surface area (Å²) < 4.78 is 36.4. The van der Waals surface area contributed by atoms with E-state index in [9.17, 15) is 8.42 Å². The Labute approximate surface area is 172 Å². The molecule has 28 heavy (non-hydrogen) atoms. The summed E-state index contributed by atoms with van der Waals surface area (Å²) in [6.45, 7) is 4.77. The van der Waals surface area contributed by atoms with Gasteiger partial charge in [0, 0.05) is 0 Å². The molecule has 4 nitrogen and oxygen atoms in total.